The van der Waals surface area contributed by atoms with Gasteiger partial charge in [-0.1, -0.05) is 24.3 Å². The summed E-state index contributed by atoms with van der Waals surface area (Å²) in [5.74, 6) is 0.101. The van der Waals surface area contributed by atoms with Gasteiger partial charge in [-0.2, -0.15) is 13.2 Å². The molecule has 2 amide bonds. The summed E-state index contributed by atoms with van der Waals surface area (Å²) in [5, 5.41) is 2.81. The Morgan fingerprint density at radius 1 is 1.00 bits per heavy atom. The lowest BCUT2D eigenvalue weighted by atomic mass is 10.1. The first-order valence-electron chi connectivity index (χ1n) is 9.78. The van der Waals surface area contributed by atoms with Gasteiger partial charge in [0.2, 0.25) is 5.91 Å². The molecule has 4 nitrogen and oxygen atoms in total. The normalized spacial score (nSPS) is 14.0. The van der Waals surface area contributed by atoms with Crippen molar-refractivity contribution in [3.05, 3.63) is 65.2 Å². The summed E-state index contributed by atoms with van der Waals surface area (Å²) >= 11 is 1.35. The molecule has 0 bridgehead atoms. The third-order valence-electron chi connectivity index (χ3n) is 4.92. The maximum Gasteiger partial charge on any atom is 0.416 e. The van der Waals surface area contributed by atoms with Gasteiger partial charge in [-0.3, -0.25) is 9.59 Å². The predicted octanol–water partition coefficient (Wildman–Crippen LogP) is 4.39. The van der Waals surface area contributed by atoms with Gasteiger partial charge in [-0.15, -0.1) is 11.8 Å². The van der Waals surface area contributed by atoms with Crippen molar-refractivity contribution in [2.24, 2.45) is 0 Å². The van der Waals surface area contributed by atoms with Crippen LogP contribution in [-0.4, -0.2) is 42.1 Å². The van der Waals surface area contributed by atoms with Crippen LogP contribution in [-0.2, 0) is 17.4 Å². The van der Waals surface area contributed by atoms with Crippen molar-refractivity contribution in [2.75, 3.05) is 25.4 Å². The molecule has 0 aliphatic carbocycles. The summed E-state index contributed by atoms with van der Waals surface area (Å²) in [5.41, 5.74) is 0.510. The standard InChI is InChI=1S/C22H23F3N2O2S/c23-22(24,25)17-9-7-16(8-10-17)11-12-26-21(29)18-5-1-2-6-19(18)30-15-20(28)27-13-3-4-14-27/h1-2,5-10H,3-4,11-15H2,(H,26,29). The summed E-state index contributed by atoms with van der Waals surface area (Å²) in [6, 6.07) is 12.0. The van der Waals surface area contributed by atoms with E-state index in [0.717, 1.165) is 43.0 Å². The van der Waals surface area contributed by atoms with Crippen molar-refractivity contribution in [3.63, 3.8) is 0 Å². The van der Waals surface area contributed by atoms with E-state index in [-0.39, 0.29) is 17.6 Å². The minimum Gasteiger partial charge on any atom is -0.352 e. The van der Waals surface area contributed by atoms with Crippen molar-refractivity contribution in [3.8, 4) is 0 Å². The summed E-state index contributed by atoms with van der Waals surface area (Å²) in [6.45, 7) is 1.90. The van der Waals surface area contributed by atoms with Crippen LogP contribution in [0, 0.1) is 0 Å². The minimum absolute atomic E-state index is 0.0787. The molecule has 1 aliphatic heterocycles. The second-order valence-corrected chi connectivity index (χ2v) is 8.09. The molecule has 8 heteroatoms. The Morgan fingerprint density at radius 3 is 2.33 bits per heavy atom. The number of nitrogens with zero attached hydrogens (tertiary/aromatic N) is 1. The molecule has 0 unspecified atom stereocenters. The summed E-state index contributed by atoms with van der Waals surface area (Å²) < 4.78 is 37.9. The molecule has 1 fully saturated rings. The number of thioether (sulfide) groups is 1. The number of benzene rings is 2. The Hall–Kier alpha value is -2.48. The van der Waals surface area contributed by atoms with Gasteiger partial charge in [-0.25, -0.2) is 0 Å². The third kappa shape index (κ3) is 6.01. The van der Waals surface area contributed by atoms with Crippen LogP contribution in [0.1, 0.15) is 34.3 Å². The fourth-order valence-electron chi connectivity index (χ4n) is 3.25. The van der Waals surface area contributed by atoms with E-state index >= 15 is 0 Å². The van der Waals surface area contributed by atoms with Gasteiger partial charge in [0.05, 0.1) is 16.9 Å². The van der Waals surface area contributed by atoms with E-state index in [1.807, 2.05) is 17.0 Å². The third-order valence-corrected chi connectivity index (χ3v) is 5.98. The lowest BCUT2D eigenvalue weighted by molar-refractivity contribution is -0.137. The number of rotatable bonds is 7. The van der Waals surface area contributed by atoms with Crippen molar-refractivity contribution < 1.29 is 22.8 Å². The number of carbonyl (C=O) groups excluding carboxylic acids is 2. The zero-order valence-electron chi connectivity index (χ0n) is 16.4. The number of hydrogen-bond acceptors (Lipinski definition) is 3. The molecule has 0 aromatic heterocycles. The average Bonchev–Trinajstić information content (AvgIpc) is 3.27. The SMILES string of the molecule is O=C(NCCc1ccc(C(F)(F)F)cc1)c1ccccc1SCC(=O)N1CCCC1. The first kappa shape index (κ1) is 22.2. The van der Waals surface area contributed by atoms with Crippen LogP contribution in [0.3, 0.4) is 0 Å². The van der Waals surface area contributed by atoms with Gasteiger partial charge in [0.25, 0.3) is 5.91 Å². The molecule has 3 rings (SSSR count). The van der Waals surface area contributed by atoms with Crippen LogP contribution in [0.15, 0.2) is 53.4 Å². The van der Waals surface area contributed by atoms with E-state index in [2.05, 4.69) is 5.32 Å². The maximum atomic E-state index is 12.6. The van der Waals surface area contributed by atoms with Crippen molar-refractivity contribution in [2.45, 2.75) is 30.3 Å². The molecule has 0 radical (unpaired) electrons. The molecule has 1 N–H and O–H groups in total. The monoisotopic (exact) mass is 436 g/mol. The van der Waals surface area contributed by atoms with E-state index < -0.39 is 11.7 Å². The summed E-state index contributed by atoms with van der Waals surface area (Å²) in [6.07, 6.45) is -1.86. The molecule has 0 saturated carbocycles. The van der Waals surface area contributed by atoms with Crippen LogP contribution in [0.25, 0.3) is 0 Å². The first-order chi connectivity index (χ1) is 14.3. The van der Waals surface area contributed by atoms with Crippen molar-refractivity contribution in [1.29, 1.82) is 0 Å². The zero-order chi connectivity index (χ0) is 21.6. The molecule has 2 aromatic rings. The molecule has 1 saturated heterocycles. The maximum absolute atomic E-state index is 12.6. The van der Waals surface area contributed by atoms with Crippen LogP contribution >= 0.6 is 11.8 Å². The lowest BCUT2D eigenvalue weighted by Gasteiger charge is -2.15. The Morgan fingerprint density at radius 2 is 1.67 bits per heavy atom. The molecule has 1 heterocycles. The number of hydrogen-bond donors (Lipinski definition) is 1. The second kappa shape index (κ2) is 10.0. The fraction of sp³-hybridized carbons (Fsp3) is 0.364. The van der Waals surface area contributed by atoms with Gasteiger partial charge in [0.15, 0.2) is 0 Å². The average molecular weight is 436 g/mol. The van der Waals surface area contributed by atoms with Crippen molar-refractivity contribution >= 4 is 23.6 Å². The highest BCUT2D eigenvalue weighted by molar-refractivity contribution is 8.00. The van der Waals surface area contributed by atoms with Crippen LogP contribution < -0.4 is 5.32 Å². The highest BCUT2D eigenvalue weighted by atomic mass is 32.2. The molecule has 0 atom stereocenters. The van der Waals surface area contributed by atoms with Crippen LogP contribution in [0.4, 0.5) is 13.2 Å². The van der Waals surface area contributed by atoms with Gasteiger partial charge in [0.1, 0.15) is 0 Å². The van der Waals surface area contributed by atoms with Gasteiger partial charge in [0, 0.05) is 24.5 Å². The smallest absolute Gasteiger partial charge is 0.352 e. The molecule has 1 aliphatic rings. The fourth-order valence-corrected chi connectivity index (χ4v) is 4.21. The van der Waals surface area contributed by atoms with Crippen LogP contribution in [0.5, 0.6) is 0 Å². The summed E-state index contributed by atoms with van der Waals surface area (Å²) in [4.78, 5) is 27.4. The molecule has 0 spiro atoms. The predicted molar refractivity (Wildman–Crippen MR) is 110 cm³/mol. The van der Waals surface area contributed by atoms with Crippen molar-refractivity contribution in [1.82, 2.24) is 10.2 Å². The number of alkyl halides is 3. The largest absolute Gasteiger partial charge is 0.416 e. The first-order valence-corrected chi connectivity index (χ1v) is 10.8. The van der Waals surface area contributed by atoms with E-state index in [4.69, 9.17) is 0 Å². The number of carbonyl (C=O) groups is 2. The molecular formula is C22H23F3N2O2S. The second-order valence-electron chi connectivity index (χ2n) is 7.07. The highest BCUT2D eigenvalue weighted by Gasteiger charge is 2.29. The van der Waals surface area contributed by atoms with E-state index in [9.17, 15) is 22.8 Å². The molecule has 30 heavy (non-hydrogen) atoms. The Bertz CT molecular complexity index is 879. The Kier molecular flexibility index (Phi) is 7.42. The highest BCUT2D eigenvalue weighted by Crippen LogP contribution is 2.29. The van der Waals surface area contributed by atoms with Gasteiger partial charge in [-0.05, 0) is 49.1 Å². The van der Waals surface area contributed by atoms with E-state index in [1.165, 1.54) is 23.9 Å². The number of likely N-dealkylation sites (tertiary alicyclic amines) is 1. The van der Waals surface area contributed by atoms with E-state index in [0.29, 0.717) is 24.1 Å². The topological polar surface area (TPSA) is 49.4 Å². The van der Waals surface area contributed by atoms with E-state index in [1.54, 1.807) is 12.1 Å². The number of amides is 2. The molecule has 2 aromatic carbocycles. The van der Waals surface area contributed by atoms with Crippen LogP contribution in [0.2, 0.25) is 0 Å². The number of halogens is 3. The number of nitrogens with one attached hydrogen (secondary N) is 1. The summed E-state index contributed by atoms with van der Waals surface area (Å²) in [7, 11) is 0. The molecular weight excluding hydrogens is 413 g/mol. The Balaban J connectivity index is 1.52. The quantitative estimate of drug-likeness (QED) is 0.655. The Labute approximate surface area is 177 Å². The van der Waals surface area contributed by atoms with Gasteiger partial charge >= 0.3 is 6.18 Å². The minimum atomic E-state index is -4.36. The van der Waals surface area contributed by atoms with Gasteiger partial charge < -0.3 is 10.2 Å². The zero-order valence-corrected chi connectivity index (χ0v) is 17.2. The lowest BCUT2D eigenvalue weighted by Crippen LogP contribution is -2.29. The molecule has 160 valence electrons.